The van der Waals surface area contributed by atoms with E-state index >= 15 is 0 Å². The molecule has 50 heavy (non-hydrogen) atoms. The first-order valence-electron chi connectivity index (χ1n) is 15.8. The number of aliphatic hydroxyl groups excluding tert-OH is 3. The van der Waals surface area contributed by atoms with Crippen molar-refractivity contribution in [3.8, 4) is 5.75 Å². The summed E-state index contributed by atoms with van der Waals surface area (Å²) in [6.07, 6.45) is -2.26. The van der Waals surface area contributed by atoms with Crippen molar-refractivity contribution in [1.29, 1.82) is 0 Å². The van der Waals surface area contributed by atoms with Gasteiger partial charge in [-0.25, -0.2) is 9.59 Å². The lowest BCUT2D eigenvalue weighted by atomic mass is 10.0. The second-order valence-electron chi connectivity index (χ2n) is 11.6. The maximum atomic E-state index is 13.8. The minimum absolute atomic E-state index is 0.00883. The zero-order valence-corrected chi connectivity index (χ0v) is 26.8. The highest BCUT2D eigenvalue weighted by atomic mass is 16.6. The summed E-state index contributed by atoms with van der Waals surface area (Å²) in [5.74, 6) is -5.58. The number of aromatic amines is 1. The molecular formula is C33H40N6O11. The lowest BCUT2D eigenvalue weighted by Crippen LogP contribution is -2.57. The molecule has 0 spiro atoms. The first kappa shape index (κ1) is 37.2. The minimum atomic E-state index is -1.72. The quantitative estimate of drug-likeness (QED) is 0.0625. The number of aromatic nitrogens is 1. The molecule has 4 amide bonds. The molecule has 0 bridgehead atoms. The van der Waals surface area contributed by atoms with Crippen LogP contribution >= 0.6 is 0 Å². The number of primary amides is 1. The van der Waals surface area contributed by atoms with E-state index in [2.05, 4.69) is 20.9 Å². The Kier molecular flexibility index (Phi) is 12.7. The Morgan fingerprint density at radius 3 is 2.28 bits per heavy atom. The summed E-state index contributed by atoms with van der Waals surface area (Å²) < 4.78 is 9.81. The minimum Gasteiger partial charge on any atom is -0.508 e. The average Bonchev–Trinajstić information content (AvgIpc) is 3.63. The van der Waals surface area contributed by atoms with Crippen LogP contribution in [0.5, 0.6) is 5.75 Å². The first-order chi connectivity index (χ1) is 23.9. The maximum Gasteiger partial charge on any atom is 0.413 e. The number of unbranched alkanes of at least 4 members (excludes halogenated alkanes) is 1. The van der Waals surface area contributed by atoms with Crippen molar-refractivity contribution in [1.82, 2.24) is 20.9 Å². The molecule has 0 radical (unpaired) electrons. The van der Waals surface area contributed by atoms with Crippen molar-refractivity contribution in [3.05, 3.63) is 77.4 Å². The van der Waals surface area contributed by atoms with Crippen molar-refractivity contribution in [3.63, 3.8) is 0 Å². The Morgan fingerprint density at radius 2 is 1.60 bits per heavy atom. The van der Waals surface area contributed by atoms with Crippen LogP contribution in [0.2, 0.25) is 0 Å². The predicted octanol–water partition coefficient (Wildman–Crippen LogP) is -0.614. The molecule has 1 aromatic heterocycles. The highest BCUT2D eigenvalue weighted by molar-refractivity contribution is 5.95. The van der Waals surface area contributed by atoms with E-state index in [4.69, 9.17) is 20.9 Å². The molecule has 1 aliphatic rings. The summed E-state index contributed by atoms with van der Waals surface area (Å²) in [4.78, 5) is 67.9. The zero-order chi connectivity index (χ0) is 36.4. The number of cyclic esters (lactones) is 1. The molecule has 0 saturated carbocycles. The second-order valence-corrected chi connectivity index (χ2v) is 11.6. The molecular weight excluding hydrogens is 656 g/mol. The fraction of sp³-hybridized carbons (Fsp3) is 0.364. The second kappa shape index (κ2) is 17.1. The fourth-order valence-corrected chi connectivity index (χ4v) is 5.31. The van der Waals surface area contributed by atoms with Gasteiger partial charge in [-0.05, 0) is 55.1 Å². The molecule has 17 nitrogen and oxygen atoms in total. The number of fused-ring (bicyclic) bond motifs is 1. The molecule has 12 N–H and O–H groups in total. The third-order valence-corrected chi connectivity index (χ3v) is 7.98. The summed E-state index contributed by atoms with van der Waals surface area (Å²) in [7, 11) is 0. The maximum absolute atomic E-state index is 13.8. The Morgan fingerprint density at radius 1 is 0.920 bits per heavy atom. The summed E-state index contributed by atoms with van der Waals surface area (Å²) in [6.45, 7) is -0.615. The van der Waals surface area contributed by atoms with Gasteiger partial charge in [0.15, 0.2) is 6.10 Å². The largest absolute Gasteiger partial charge is 0.508 e. The number of nitrogens with two attached hydrogens (primary N) is 2. The number of H-pyrrole nitrogens is 1. The van der Waals surface area contributed by atoms with Gasteiger partial charge >= 0.3 is 12.1 Å². The number of hydrogen-bond acceptors (Lipinski definition) is 12. The summed E-state index contributed by atoms with van der Waals surface area (Å²) in [6, 6.07) is 9.42. The standard InChI is InChI=1S/C33H40N6O11/c34-12-4-3-7-22(39-33(48)50-28-26(43)32(47)49-27(28)25(42)16-40)30(45)38-24(14-18-15-36-21-6-2-1-5-20(18)21)31(46)37-23(29(35)44)13-17-8-10-19(41)11-9-17/h1-2,5-6,8-11,15,22-25,27,36,40-43H,3-4,7,12-14,16,34H2,(H2,35,44)(H,37,46)(H,38,45)(H,39,48)/t22-,23-,24-,25?,27?/m0/s1. The number of phenols is 1. The highest BCUT2D eigenvalue weighted by Crippen LogP contribution is 2.25. The highest BCUT2D eigenvalue weighted by Gasteiger charge is 2.42. The van der Waals surface area contributed by atoms with E-state index in [1.54, 1.807) is 24.4 Å². The third kappa shape index (κ3) is 9.49. The number of carbonyl (C=O) groups excluding carboxylic acids is 5. The zero-order valence-electron chi connectivity index (χ0n) is 26.8. The van der Waals surface area contributed by atoms with Crippen LogP contribution in [0.15, 0.2) is 66.2 Å². The van der Waals surface area contributed by atoms with Crippen LogP contribution in [0, 0.1) is 0 Å². The Balaban J connectivity index is 1.56. The Hall–Kier alpha value is -5.65. The molecule has 1 aliphatic heterocycles. The van der Waals surface area contributed by atoms with Gasteiger partial charge < -0.3 is 62.3 Å². The number of ether oxygens (including phenoxy) is 2. The number of aromatic hydroxyl groups is 1. The summed E-state index contributed by atoms with van der Waals surface area (Å²) in [5.41, 5.74) is 13.3. The predicted molar refractivity (Wildman–Crippen MR) is 176 cm³/mol. The summed E-state index contributed by atoms with van der Waals surface area (Å²) in [5, 5.41) is 47.3. The van der Waals surface area contributed by atoms with E-state index in [9.17, 15) is 44.4 Å². The molecule has 0 saturated heterocycles. The van der Waals surface area contributed by atoms with E-state index in [-0.39, 0.29) is 31.6 Å². The van der Waals surface area contributed by atoms with Gasteiger partial charge in [0.2, 0.25) is 29.2 Å². The molecule has 3 aromatic rings. The molecule has 17 heteroatoms. The number of phenolic OH excluding ortho intramolecular Hbond substituents is 1. The average molecular weight is 697 g/mol. The molecule has 4 rings (SSSR count). The monoisotopic (exact) mass is 696 g/mol. The van der Waals surface area contributed by atoms with Crippen LogP contribution in [0.4, 0.5) is 4.79 Å². The number of carbonyl (C=O) groups is 5. The Bertz CT molecular complexity index is 1720. The molecule has 2 heterocycles. The van der Waals surface area contributed by atoms with Gasteiger partial charge in [0.05, 0.1) is 6.61 Å². The molecule has 2 aromatic carbocycles. The van der Waals surface area contributed by atoms with Crippen LogP contribution in [-0.2, 0) is 41.5 Å². The molecule has 2 unspecified atom stereocenters. The van der Waals surface area contributed by atoms with E-state index < -0.39 is 78.2 Å². The summed E-state index contributed by atoms with van der Waals surface area (Å²) >= 11 is 0. The SMILES string of the molecule is NCCCC[C@H](NC(=O)OC1=C(O)C(=O)OC1C(O)CO)C(=O)N[C@@H](Cc1c[nH]c2ccccc12)C(=O)N[C@@H](Cc1ccc(O)cc1)C(N)=O. The van der Waals surface area contributed by atoms with Gasteiger partial charge in [-0.15, -0.1) is 0 Å². The molecule has 0 fully saturated rings. The first-order valence-corrected chi connectivity index (χ1v) is 15.8. The van der Waals surface area contributed by atoms with Gasteiger partial charge in [-0.3, -0.25) is 14.4 Å². The van der Waals surface area contributed by atoms with Crippen LogP contribution in [0.1, 0.15) is 30.4 Å². The number of amides is 4. The topological polar surface area (TPSA) is 289 Å². The van der Waals surface area contributed by atoms with Gasteiger partial charge in [0.25, 0.3) is 0 Å². The van der Waals surface area contributed by atoms with Crippen LogP contribution in [0.3, 0.4) is 0 Å². The van der Waals surface area contributed by atoms with Gasteiger partial charge in [-0.2, -0.15) is 0 Å². The lowest BCUT2D eigenvalue weighted by Gasteiger charge is -2.25. The van der Waals surface area contributed by atoms with E-state index in [1.165, 1.54) is 12.1 Å². The van der Waals surface area contributed by atoms with Gasteiger partial charge in [0, 0.05) is 29.9 Å². The molecule has 0 aliphatic carbocycles. The molecule has 5 atom stereocenters. The number of nitrogens with one attached hydrogen (secondary N) is 4. The van der Waals surface area contributed by atoms with E-state index in [1.807, 2.05) is 18.2 Å². The third-order valence-electron chi connectivity index (χ3n) is 7.98. The lowest BCUT2D eigenvalue weighted by molar-refractivity contribution is -0.147. The fourth-order valence-electron chi connectivity index (χ4n) is 5.31. The van der Waals surface area contributed by atoms with Crippen molar-refractivity contribution < 1.29 is 53.9 Å². The van der Waals surface area contributed by atoms with Crippen molar-refractivity contribution in [2.75, 3.05) is 13.2 Å². The van der Waals surface area contributed by atoms with Gasteiger partial charge in [-0.1, -0.05) is 30.3 Å². The van der Waals surface area contributed by atoms with E-state index in [0.717, 1.165) is 10.9 Å². The number of aliphatic hydroxyl groups is 3. The number of para-hydroxylation sites is 1. The number of hydrogen-bond donors (Lipinski definition) is 10. The number of rotatable bonds is 17. The van der Waals surface area contributed by atoms with Crippen LogP contribution in [0.25, 0.3) is 10.9 Å². The molecule has 268 valence electrons. The van der Waals surface area contributed by atoms with Crippen molar-refractivity contribution >= 4 is 40.7 Å². The Labute approximate surface area is 285 Å². The number of esters is 1. The van der Waals surface area contributed by atoms with Crippen LogP contribution < -0.4 is 27.4 Å². The van der Waals surface area contributed by atoms with E-state index in [0.29, 0.717) is 24.0 Å². The smallest absolute Gasteiger partial charge is 0.413 e. The number of benzene rings is 2. The normalized spacial score (nSPS) is 16.6. The van der Waals surface area contributed by atoms with Crippen molar-refractivity contribution in [2.45, 2.75) is 62.4 Å². The number of alkyl carbamates (subject to hydrolysis) is 1. The van der Waals surface area contributed by atoms with Crippen molar-refractivity contribution in [2.24, 2.45) is 11.5 Å². The van der Waals surface area contributed by atoms with Crippen LogP contribution in [-0.4, -0.2) is 98.7 Å². The van der Waals surface area contributed by atoms with Gasteiger partial charge in [0.1, 0.15) is 30.0 Å².